The number of nitrogens with one attached hydrogen (secondary N) is 2. The normalized spacial score (nSPS) is 12.1. The van der Waals surface area contributed by atoms with Gasteiger partial charge in [0.1, 0.15) is 11.2 Å². The first-order valence-corrected chi connectivity index (χ1v) is 12.2. The number of nitrogens with zero attached hydrogens (tertiary/aromatic N) is 2. The molecule has 2 aromatic carbocycles. The van der Waals surface area contributed by atoms with Crippen molar-refractivity contribution >= 4 is 17.5 Å². The summed E-state index contributed by atoms with van der Waals surface area (Å²) in [6, 6.07) is 12.6. The van der Waals surface area contributed by atoms with Gasteiger partial charge in [-0.1, -0.05) is 70.5 Å². The predicted molar refractivity (Wildman–Crippen MR) is 138 cm³/mol. The van der Waals surface area contributed by atoms with Gasteiger partial charge in [-0.05, 0) is 47.6 Å². The molecule has 6 nitrogen and oxygen atoms in total. The van der Waals surface area contributed by atoms with E-state index in [0.29, 0.717) is 21.7 Å². The number of alkyl halides is 2. The highest BCUT2D eigenvalue weighted by atomic mass is 35.5. The minimum absolute atomic E-state index is 0.0211. The highest BCUT2D eigenvalue weighted by molar-refractivity contribution is 6.33. The molecule has 0 atom stereocenters. The Balaban J connectivity index is 1.94. The SMILES string of the molecule is CCC(CC)(C(=O)NCc1ccc(Cl)c(-c2nc(-c3cccc(C(C)(C)C)c3)nc(=O)[nH]2)c1)C(F)F. The number of carbonyl (C=O) groups excluding carboxylic acids is 1. The van der Waals surface area contributed by atoms with E-state index in [1.54, 1.807) is 32.0 Å². The Bertz CT molecular complexity index is 1300. The summed E-state index contributed by atoms with van der Waals surface area (Å²) in [6.07, 6.45) is -2.71. The average Bonchev–Trinajstić information content (AvgIpc) is 2.83. The number of halogens is 3. The van der Waals surface area contributed by atoms with E-state index in [0.717, 1.165) is 5.56 Å². The van der Waals surface area contributed by atoms with E-state index in [1.807, 2.05) is 24.3 Å². The molecule has 0 radical (unpaired) electrons. The molecule has 2 N–H and O–H groups in total. The number of rotatable bonds is 8. The molecule has 0 bridgehead atoms. The third-order valence-electron chi connectivity index (χ3n) is 6.51. The lowest BCUT2D eigenvalue weighted by molar-refractivity contribution is -0.142. The summed E-state index contributed by atoms with van der Waals surface area (Å²) in [6.45, 7) is 9.45. The van der Waals surface area contributed by atoms with Crippen molar-refractivity contribution in [2.45, 2.75) is 65.8 Å². The zero-order valence-corrected chi connectivity index (χ0v) is 21.8. The summed E-state index contributed by atoms with van der Waals surface area (Å²) >= 11 is 6.42. The highest BCUT2D eigenvalue weighted by Crippen LogP contribution is 2.34. The van der Waals surface area contributed by atoms with Gasteiger partial charge in [-0.15, -0.1) is 0 Å². The van der Waals surface area contributed by atoms with Crippen LogP contribution in [0.15, 0.2) is 47.3 Å². The van der Waals surface area contributed by atoms with Crippen molar-refractivity contribution in [1.29, 1.82) is 0 Å². The Morgan fingerprint density at radius 2 is 1.78 bits per heavy atom. The molecule has 3 aromatic rings. The maximum absolute atomic E-state index is 13.6. The average molecular weight is 517 g/mol. The van der Waals surface area contributed by atoms with E-state index in [-0.39, 0.29) is 36.5 Å². The molecule has 192 valence electrons. The first-order chi connectivity index (χ1) is 16.9. The van der Waals surface area contributed by atoms with Crippen LogP contribution in [0.5, 0.6) is 0 Å². The van der Waals surface area contributed by atoms with Gasteiger partial charge in [-0.3, -0.25) is 9.78 Å². The van der Waals surface area contributed by atoms with Gasteiger partial charge in [0.05, 0.1) is 5.02 Å². The standard InChI is InChI=1S/C27H31ClF2N4O2/c1-6-27(7-2,23(29)30)24(35)31-15-16-11-12-20(28)19(13-16)22-32-21(33-25(36)34-22)17-9-8-10-18(14-17)26(3,4)5/h8-14,23H,6-7,15H2,1-5H3,(H,31,35)(H,32,33,34,36). The second-order valence-corrected chi connectivity index (χ2v) is 10.2. The zero-order chi connectivity index (χ0) is 26.7. The Hall–Kier alpha value is -3.13. The van der Waals surface area contributed by atoms with Crippen molar-refractivity contribution in [2.75, 3.05) is 0 Å². The molecule has 1 amide bonds. The molecule has 0 fully saturated rings. The number of hydrogen-bond donors (Lipinski definition) is 2. The Morgan fingerprint density at radius 1 is 1.08 bits per heavy atom. The molecule has 36 heavy (non-hydrogen) atoms. The van der Waals surface area contributed by atoms with Crippen LogP contribution in [0.1, 0.15) is 58.6 Å². The van der Waals surface area contributed by atoms with Gasteiger partial charge in [-0.2, -0.15) is 4.98 Å². The summed E-state index contributed by atoms with van der Waals surface area (Å²) < 4.78 is 27.3. The lowest BCUT2D eigenvalue weighted by atomic mass is 9.81. The van der Waals surface area contributed by atoms with Crippen LogP contribution >= 0.6 is 11.6 Å². The second-order valence-electron chi connectivity index (χ2n) is 9.82. The van der Waals surface area contributed by atoms with Crippen molar-refractivity contribution in [2.24, 2.45) is 5.41 Å². The molecule has 0 aliphatic heterocycles. The van der Waals surface area contributed by atoms with Gasteiger partial charge in [0.2, 0.25) is 5.91 Å². The van der Waals surface area contributed by atoms with Crippen LogP contribution in [0.2, 0.25) is 5.02 Å². The second kappa shape index (κ2) is 10.9. The lowest BCUT2D eigenvalue weighted by Crippen LogP contribution is -2.44. The van der Waals surface area contributed by atoms with Gasteiger partial charge < -0.3 is 5.32 Å². The number of carbonyl (C=O) groups is 1. The first kappa shape index (κ1) is 27.5. The summed E-state index contributed by atoms with van der Waals surface area (Å²) in [5.74, 6) is -0.230. The molecule has 9 heteroatoms. The highest BCUT2D eigenvalue weighted by Gasteiger charge is 2.43. The molecule has 0 spiro atoms. The minimum Gasteiger partial charge on any atom is -0.351 e. The molecule has 1 aromatic heterocycles. The van der Waals surface area contributed by atoms with Gasteiger partial charge in [-0.25, -0.2) is 18.6 Å². The molecular weight excluding hydrogens is 486 g/mol. The third-order valence-corrected chi connectivity index (χ3v) is 6.84. The van der Waals surface area contributed by atoms with Gasteiger partial charge in [0.25, 0.3) is 6.43 Å². The topological polar surface area (TPSA) is 87.7 Å². The van der Waals surface area contributed by atoms with Crippen LogP contribution in [0.25, 0.3) is 22.8 Å². The summed E-state index contributed by atoms with van der Waals surface area (Å²) in [7, 11) is 0. The largest absolute Gasteiger partial charge is 0.351 e. The van der Waals surface area contributed by atoms with Crippen molar-refractivity contribution in [1.82, 2.24) is 20.3 Å². The molecular formula is C27H31ClF2N4O2. The molecule has 0 aliphatic carbocycles. The van der Waals surface area contributed by atoms with Crippen LogP contribution in [-0.2, 0) is 16.8 Å². The predicted octanol–water partition coefficient (Wildman–Crippen LogP) is 6.14. The first-order valence-electron chi connectivity index (χ1n) is 11.9. The number of amides is 1. The van der Waals surface area contributed by atoms with E-state index in [4.69, 9.17) is 11.6 Å². The van der Waals surface area contributed by atoms with Crippen LogP contribution in [-0.4, -0.2) is 27.3 Å². The van der Waals surface area contributed by atoms with E-state index in [2.05, 4.69) is 41.0 Å². The lowest BCUT2D eigenvalue weighted by Gasteiger charge is -2.29. The Labute approximate surface area is 214 Å². The fourth-order valence-electron chi connectivity index (χ4n) is 3.97. The summed E-state index contributed by atoms with van der Waals surface area (Å²) in [5.41, 5.74) is 0.398. The number of aromatic amines is 1. The van der Waals surface area contributed by atoms with Crippen LogP contribution in [0, 0.1) is 5.41 Å². The van der Waals surface area contributed by atoms with Gasteiger partial charge in [0.15, 0.2) is 5.82 Å². The molecule has 0 aliphatic rings. The van der Waals surface area contributed by atoms with Crippen molar-refractivity contribution in [3.8, 4) is 22.8 Å². The van der Waals surface area contributed by atoms with Gasteiger partial charge in [0, 0.05) is 17.7 Å². The molecule has 1 heterocycles. The van der Waals surface area contributed by atoms with Crippen molar-refractivity contribution < 1.29 is 13.6 Å². The molecule has 0 saturated heterocycles. The number of aromatic nitrogens is 3. The van der Waals surface area contributed by atoms with Crippen LogP contribution in [0.3, 0.4) is 0 Å². The van der Waals surface area contributed by atoms with Crippen LogP contribution in [0.4, 0.5) is 8.78 Å². The molecule has 0 saturated carbocycles. The van der Waals surface area contributed by atoms with Gasteiger partial charge >= 0.3 is 5.69 Å². The van der Waals surface area contributed by atoms with Crippen molar-refractivity contribution in [3.05, 3.63) is 69.1 Å². The monoisotopic (exact) mass is 516 g/mol. The fraction of sp³-hybridized carbons (Fsp3) is 0.407. The maximum Gasteiger partial charge on any atom is 0.348 e. The van der Waals surface area contributed by atoms with E-state index < -0.39 is 23.4 Å². The summed E-state index contributed by atoms with van der Waals surface area (Å²) in [4.78, 5) is 36.2. The minimum atomic E-state index is -2.77. The fourth-order valence-corrected chi connectivity index (χ4v) is 4.17. The number of benzene rings is 2. The maximum atomic E-state index is 13.6. The van der Waals surface area contributed by atoms with Crippen LogP contribution < -0.4 is 11.0 Å². The zero-order valence-electron chi connectivity index (χ0n) is 21.1. The molecule has 3 rings (SSSR count). The number of H-pyrrole nitrogens is 1. The van der Waals surface area contributed by atoms with E-state index in [9.17, 15) is 18.4 Å². The number of hydrogen-bond acceptors (Lipinski definition) is 4. The Morgan fingerprint density at radius 3 is 2.39 bits per heavy atom. The summed E-state index contributed by atoms with van der Waals surface area (Å²) in [5, 5.41) is 2.95. The quantitative estimate of drug-likeness (QED) is 0.376. The van der Waals surface area contributed by atoms with E-state index in [1.165, 1.54) is 0 Å². The van der Waals surface area contributed by atoms with Crippen molar-refractivity contribution in [3.63, 3.8) is 0 Å². The third kappa shape index (κ3) is 5.81. The molecule has 0 unspecified atom stereocenters. The smallest absolute Gasteiger partial charge is 0.348 e. The Kier molecular flexibility index (Phi) is 8.29. The van der Waals surface area contributed by atoms with E-state index >= 15 is 0 Å².